The molecule has 2 rings (SSSR count). The summed E-state index contributed by atoms with van der Waals surface area (Å²) >= 11 is 0. The molecular weight excluding hydrogens is 258 g/mol. The van der Waals surface area contributed by atoms with E-state index in [9.17, 15) is 14.4 Å². The second-order valence-electron chi connectivity index (χ2n) is 4.41. The maximum atomic E-state index is 12.4. The van der Waals surface area contributed by atoms with E-state index in [4.69, 9.17) is 11.1 Å². The van der Waals surface area contributed by atoms with Gasteiger partial charge in [-0.25, -0.2) is 4.79 Å². The van der Waals surface area contributed by atoms with Crippen molar-refractivity contribution in [2.45, 2.75) is 13.0 Å². The van der Waals surface area contributed by atoms with Crippen molar-refractivity contribution in [3.8, 4) is 0 Å². The van der Waals surface area contributed by atoms with Crippen molar-refractivity contribution >= 4 is 28.9 Å². The lowest BCUT2D eigenvalue weighted by molar-refractivity contribution is -0.116. The minimum atomic E-state index is -1.32. The molecule has 1 unspecified atom stereocenters. The van der Waals surface area contributed by atoms with Crippen LogP contribution in [0.1, 0.15) is 12.5 Å². The Morgan fingerprint density at radius 1 is 1.25 bits per heavy atom. The zero-order valence-corrected chi connectivity index (χ0v) is 10.8. The van der Waals surface area contributed by atoms with E-state index >= 15 is 0 Å². The molecule has 0 saturated carbocycles. The van der Waals surface area contributed by atoms with Gasteiger partial charge in [0.15, 0.2) is 5.78 Å². The number of amides is 2. The highest BCUT2D eigenvalue weighted by atomic mass is 16.2. The first-order valence-electron chi connectivity index (χ1n) is 5.93. The Labute approximate surface area is 115 Å². The molecule has 0 spiro atoms. The van der Waals surface area contributed by atoms with Crippen LogP contribution in [0.4, 0.5) is 4.79 Å². The normalized spacial score (nSPS) is 19.2. The van der Waals surface area contributed by atoms with Crippen molar-refractivity contribution in [2.75, 3.05) is 0 Å². The third kappa shape index (κ3) is 2.23. The van der Waals surface area contributed by atoms with E-state index in [2.05, 4.69) is 5.32 Å². The molecule has 0 bridgehead atoms. The van der Waals surface area contributed by atoms with Gasteiger partial charge in [0.2, 0.25) is 5.78 Å². The van der Waals surface area contributed by atoms with Gasteiger partial charge in [0.1, 0.15) is 11.8 Å². The number of carbonyl (C=O) groups is 3. The summed E-state index contributed by atoms with van der Waals surface area (Å²) < 4.78 is 0. The number of Topliss-reactive ketones (excluding diaryl/α,β-unsaturated/α-hetero) is 2. The molecule has 1 aromatic rings. The lowest BCUT2D eigenvalue weighted by Crippen LogP contribution is -2.53. The van der Waals surface area contributed by atoms with Gasteiger partial charge in [0.25, 0.3) is 0 Å². The number of urea groups is 1. The molecule has 1 aliphatic carbocycles. The second kappa shape index (κ2) is 5.08. The molecule has 20 heavy (non-hydrogen) atoms. The summed E-state index contributed by atoms with van der Waals surface area (Å²) in [5.74, 6) is -1.07. The Balaban J connectivity index is 2.54. The van der Waals surface area contributed by atoms with Crippen molar-refractivity contribution in [1.29, 1.82) is 5.41 Å². The van der Waals surface area contributed by atoms with Gasteiger partial charge in [-0.2, -0.15) is 0 Å². The lowest BCUT2D eigenvalue weighted by Gasteiger charge is -2.24. The zero-order chi connectivity index (χ0) is 14.9. The number of hydrogen-bond donors (Lipinski definition) is 3. The van der Waals surface area contributed by atoms with Crippen LogP contribution in [0.15, 0.2) is 35.9 Å². The molecule has 0 fully saturated rings. The lowest BCUT2D eigenvalue weighted by atomic mass is 9.82. The van der Waals surface area contributed by atoms with Crippen LogP contribution in [0.25, 0.3) is 5.57 Å². The second-order valence-corrected chi connectivity index (χ2v) is 4.41. The van der Waals surface area contributed by atoms with Crippen LogP contribution in [0, 0.1) is 5.41 Å². The fourth-order valence-electron chi connectivity index (χ4n) is 2.15. The van der Waals surface area contributed by atoms with Gasteiger partial charge in [-0.05, 0) is 12.5 Å². The van der Waals surface area contributed by atoms with Gasteiger partial charge in [0, 0.05) is 11.1 Å². The molecule has 0 radical (unpaired) electrons. The van der Waals surface area contributed by atoms with Crippen LogP contribution < -0.4 is 11.1 Å². The predicted molar refractivity (Wildman–Crippen MR) is 73.3 cm³/mol. The number of carbonyl (C=O) groups excluding carboxylic acids is 3. The van der Waals surface area contributed by atoms with E-state index in [1.165, 1.54) is 6.92 Å². The topological polar surface area (TPSA) is 113 Å². The summed E-state index contributed by atoms with van der Waals surface area (Å²) in [6, 6.07) is 6.39. The first-order chi connectivity index (χ1) is 9.43. The molecule has 1 aromatic carbocycles. The predicted octanol–water partition coefficient (Wildman–Crippen LogP) is 0.669. The standard InChI is InChI=1S/C14H13N3O3/c1-7-9(8-5-3-2-4-6-8)13(19)11(17-14(16)20)10(15)12(7)18/h2-6,11,15H,1H3,(H3,16,17,20). The van der Waals surface area contributed by atoms with Crippen LogP contribution in [0.5, 0.6) is 0 Å². The van der Waals surface area contributed by atoms with E-state index in [-0.39, 0.29) is 11.1 Å². The van der Waals surface area contributed by atoms with E-state index in [1.807, 2.05) is 0 Å². The van der Waals surface area contributed by atoms with Crippen molar-refractivity contribution in [1.82, 2.24) is 5.32 Å². The van der Waals surface area contributed by atoms with Gasteiger partial charge in [-0.15, -0.1) is 0 Å². The van der Waals surface area contributed by atoms with E-state index in [0.29, 0.717) is 5.56 Å². The molecule has 6 nitrogen and oxygen atoms in total. The number of primary amides is 1. The number of allylic oxidation sites excluding steroid dienone is 1. The van der Waals surface area contributed by atoms with Crippen LogP contribution in [-0.2, 0) is 9.59 Å². The number of hydrogen-bond acceptors (Lipinski definition) is 4. The maximum Gasteiger partial charge on any atom is 0.313 e. The maximum absolute atomic E-state index is 12.4. The summed E-state index contributed by atoms with van der Waals surface area (Å²) in [5, 5.41) is 9.83. The zero-order valence-electron chi connectivity index (χ0n) is 10.8. The minimum absolute atomic E-state index is 0.203. The molecule has 2 amide bonds. The van der Waals surface area contributed by atoms with Gasteiger partial charge >= 0.3 is 6.03 Å². The van der Waals surface area contributed by atoms with Crippen molar-refractivity contribution in [2.24, 2.45) is 5.73 Å². The number of rotatable bonds is 2. The molecule has 4 N–H and O–H groups in total. The minimum Gasteiger partial charge on any atom is -0.352 e. The smallest absolute Gasteiger partial charge is 0.313 e. The van der Waals surface area contributed by atoms with Gasteiger partial charge < -0.3 is 11.1 Å². The Morgan fingerprint density at radius 3 is 2.40 bits per heavy atom. The SMILES string of the molecule is CC1=C(c2ccccc2)C(=O)C(NC(N)=O)C(=N)C1=O. The van der Waals surface area contributed by atoms with Crippen molar-refractivity contribution < 1.29 is 14.4 Å². The molecule has 0 heterocycles. The summed E-state index contributed by atoms with van der Waals surface area (Å²) in [6.07, 6.45) is 0. The quantitative estimate of drug-likeness (QED) is 0.734. The Kier molecular flexibility index (Phi) is 3.47. The first-order valence-corrected chi connectivity index (χ1v) is 5.93. The molecule has 1 aliphatic rings. The van der Waals surface area contributed by atoms with Crippen molar-refractivity contribution in [3.63, 3.8) is 0 Å². The van der Waals surface area contributed by atoms with Crippen LogP contribution in [0.3, 0.4) is 0 Å². The van der Waals surface area contributed by atoms with E-state index in [0.717, 1.165) is 0 Å². The Morgan fingerprint density at radius 2 is 1.85 bits per heavy atom. The van der Waals surface area contributed by atoms with Gasteiger partial charge in [-0.3, -0.25) is 15.0 Å². The molecule has 0 saturated heterocycles. The van der Waals surface area contributed by atoms with Gasteiger partial charge in [-0.1, -0.05) is 30.3 Å². The molecular formula is C14H13N3O3. The summed E-state index contributed by atoms with van der Waals surface area (Å²) in [4.78, 5) is 35.4. The average molecular weight is 271 g/mol. The highest BCUT2D eigenvalue weighted by Crippen LogP contribution is 2.26. The third-order valence-electron chi connectivity index (χ3n) is 3.11. The number of nitrogens with two attached hydrogens (primary N) is 1. The molecule has 0 aliphatic heterocycles. The highest BCUT2D eigenvalue weighted by molar-refractivity contribution is 6.58. The fraction of sp³-hybridized carbons (Fsp3) is 0.143. The Bertz CT molecular complexity index is 647. The van der Waals surface area contributed by atoms with Crippen LogP contribution >= 0.6 is 0 Å². The summed E-state index contributed by atoms with van der Waals surface area (Å²) in [7, 11) is 0. The average Bonchev–Trinajstić information content (AvgIpc) is 2.42. The molecule has 1 atom stereocenters. The molecule has 0 aromatic heterocycles. The number of ketones is 2. The largest absolute Gasteiger partial charge is 0.352 e. The van der Waals surface area contributed by atoms with Crippen LogP contribution in [0.2, 0.25) is 0 Å². The molecule has 6 heteroatoms. The monoisotopic (exact) mass is 271 g/mol. The van der Waals surface area contributed by atoms with E-state index in [1.54, 1.807) is 30.3 Å². The van der Waals surface area contributed by atoms with Crippen LogP contribution in [-0.4, -0.2) is 29.4 Å². The number of benzene rings is 1. The Hall–Kier alpha value is -2.76. The third-order valence-corrected chi connectivity index (χ3v) is 3.11. The van der Waals surface area contributed by atoms with E-state index < -0.39 is 29.4 Å². The summed E-state index contributed by atoms with van der Waals surface area (Å²) in [6.45, 7) is 1.50. The highest BCUT2D eigenvalue weighted by Gasteiger charge is 2.38. The summed E-state index contributed by atoms with van der Waals surface area (Å²) in [5.41, 5.74) is 5.51. The number of nitrogens with one attached hydrogen (secondary N) is 2. The van der Waals surface area contributed by atoms with Crippen molar-refractivity contribution in [3.05, 3.63) is 41.5 Å². The molecule has 102 valence electrons. The first kappa shape index (κ1) is 13.7. The van der Waals surface area contributed by atoms with Gasteiger partial charge in [0.05, 0.1) is 0 Å². The fourth-order valence-corrected chi connectivity index (χ4v) is 2.15.